The van der Waals surface area contributed by atoms with Crippen molar-refractivity contribution in [2.75, 3.05) is 5.43 Å². The molecule has 108 valence electrons. The van der Waals surface area contributed by atoms with Gasteiger partial charge < -0.3 is 5.11 Å². The largest absolute Gasteiger partial charge is 0.478 e. The van der Waals surface area contributed by atoms with Crippen molar-refractivity contribution in [3.05, 3.63) is 56.7 Å². The summed E-state index contributed by atoms with van der Waals surface area (Å²) in [6, 6.07) is 7.87. The topological polar surface area (TPSA) is 74.6 Å². The number of rotatable bonds is 4. The summed E-state index contributed by atoms with van der Waals surface area (Å²) < 4.78 is 0. The first-order chi connectivity index (χ1) is 9.99. The number of carboxylic acid groups (broad SMARTS) is 1. The Morgan fingerprint density at radius 1 is 1.24 bits per heavy atom. The lowest BCUT2D eigenvalue weighted by Gasteiger charge is -2.04. The number of nitrogens with one attached hydrogen (secondary N) is 1. The Balaban J connectivity index is 2.21. The molecule has 2 rings (SSSR count). The van der Waals surface area contributed by atoms with Gasteiger partial charge in [0.15, 0.2) is 5.82 Å². The van der Waals surface area contributed by atoms with Crippen LogP contribution in [0.2, 0.25) is 15.2 Å². The minimum Gasteiger partial charge on any atom is -0.478 e. The molecule has 2 N–H and O–H groups in total. The Morgan fingerprint density at radius 3 is 2.67 bits per heavy atom. The number of hydrazone groups is 1. The third-order valence-corrected chi connectivity index (χ3v) is 3.41. The second-order valence-corrected chi connectivity index (χ2v) is 5.03. The van der Waals surface area contributed by atoms with Crippen molar-refractivity contribution >= 4 is 52.8 Å². The first kappa shape index (κ1) is 15.6. The zero-order chi connectivity index (χ0) is 15.4. The first-order valence-electron chi connectivity index (χ1n) is 5.62. The van der Waals surface area contributed by atoms with E-state index in [9.17, 15) is 4.79 Å². The van der Waals surface area contributed by atoms with Crippen LogP contribution in [0.1, 0.15) is 15.9 Å². The van der Waals surface area contributed by atoms with Crippen molar-refractivity contribution in [2.24, 2.45) is 5.10 Å². The molecule has 1 heterocycles. The molecule has 5 nitrogen and oxygen atoms in total. The van der Waals surface area contributed by atoms with Gasteiger partial charge in [0.25, 0.3) is 0 Å². The predicted octanol–water partition coefficient (Wildman–Crippen LogP) is 4.19. The highest BCUT2D eigenvalue weighted by Gasteiger charge is 2.08. The van der Waals surface area contributed by atoms with Crippen LogP contribution < -0.4 is 5.43 Å². The maximum Gasteiger partial charge on any atom is 0.336 e. The van der Waals surface area contributed by atoms with Crippen LogP contribution in [-0.2, 0) is 0 Å². The van der Waals surface area contributed by atoms with E-state index < -0.39 is 5.97 Å². The first-order valence-corrected chi connectivity index (χ1v) is 6.75. The number of anilines is 1. The fourth-order valence-electron chi connectivity index (χ4n) is 1.49. The second-order valence-electron chi connectivity index (χ2n) is 3.85. The van der Waals surface area contributed by atoms with Gasteiger partial charge in [0.1, 0.15) is 5.15 Å². The number of pyridine rings is 1. The monoisotopic (exact) mass is 343 g/mol. The maximum absolute atomic E-state index is 11.0. The molecule has 0 unspecified atom stereocenters. The Morgan fingerprint density at radius 2 is 1.95 bits per heavy atom. The predicted molar refractivity (Wildman–Crippen MR) is 83.9 cm³/mol. The Hall–Kier alpha value is -1.82. The Labute approximate surface area is 135 Å². The number of benzene rings is 1. The molecule has 0 saturated carbocycles. The van der Waals surface area contributed by atoms with E-state index >= 15 is 0 Å². The molecule has 8 heteroatoms. The molecular formula is C13H8Cl3N3O2. The van der Waals surface area contributed by atoms with Crippen LogP contribution in [0.4, 0.5) is 5.82 Å². The number of aromatic carboxylic acids is 1. The zero-order valence-corrected chi connectivity index (χ0v) is 12.6. The molecule has 21 heavy (non-hydrogen) atoms. The van der Waals surface area contributed by atoms with E-state index in [0.29, 0.717) is 5.56 Å². The lowest BCUT2D eigenvalue weighted by Crippen LogP contribution is -2.02. The molecule has 0 bridgehead atoms. The molecule has 0 fully saturated rings. The minimum absolute atomic E-state index is 0.0877. The van der Waals surface area contributed by atoms with Gasteiger partial charge in [-0.15, -0.1) is 0 Å². The molecule has 2 aromatic rings. The smallest absolute Gasteiger partial charge is 0.336 e. The van der Waals surface area contributed by atoms with Crippen molar-refractivity contribution in [2.45, 2.75) is 0 Å². The van der Waals surface area contributed by atoms with Gasteiger partial charge in [0, 0.05) is 5.56 Å². The van der Waals surface area contributed by atoms with Gasteiger partial charge in [-0.05, 0) is 12.1 Å². The third kappa shape index (κ3) is 3.85. The van der Waals surface area contributed by atoms with Gasteiger partial charge in [0.05, 0.1) is 21.8 Å². The SMILES string of the molecule is O=C(O)c1ccccc1/C=N/Nc1nc(Cl)c(Cl)cc1Cl. The van der Waals surface area contributed by atoms with E-state index in [0.717, 1.165) is 0 Å². The van der Waals surface area contributed by atoms with Crippen LogP contribution in [0.5, 0.6) is 0 Å². The highest BCUT2D eigenvalue weighted by Crippen LogP contribution is 2.28. The highest BCUT2D eigenvalue weighted by atomic mass is 35.5. The minimum atomic E-state index is -1.04. The number of hydrogen-bond acceptors (Lipinski definition) is 4. The zero-order valence-electron chi connectivity index (χ0n) is 10.3. The van der Waals surface area contributed by atoms with E-state index in [4.69, 9.17) is 39.9 Å². The van der Waals surface area contributed by atoms with Crippen molar-refractivity contribution in [3.63, 3.8) is 0 Å². The van der Waals surface area contributed by atoms with Gasteiger partial charge in [0.2, 0.25) is 0 Å². The third-order valence-electron chi connectivity index (χ3n) is 2.45. The highest BCUT2D eigenvalue weighted by molar-refractivity contribution is 6.42. The number of aromatic nitrogens is 1. The van der Waals surface area contributed by atoms with Crippen molar-refractivity contribution in [1.29, 1.82) is 0 Å². The van der Waals surface area contributed by atoms with Crippen LogP contribution in [0.3, 0.4) is 0 Å². The Bertz CT molecular complexity index is 720. The van der Waals surface area contributed by atoms with E-state index in [-0.39, 0.29) is 26.6 Å². The number of halogens is 3. The number of carbonyl (C=O) groups is 1. The van der Waals surface area contributed by atoms with Crippen LogP contribution in [0, 0.1) is 0 Å². The maximum atomic E-state index is 11.0. The summed E-state index contributed by atoms with van der Waals surface area (Å²) >= 11 is 17.5. The summed E-state index contributed by atoms with van der Waals surface area (Å²) in [4.78, 5) is 15.0. The summed E-state index contributed by atoms with van der Waals surface area (Å²) in [5, 5.41) is 13.5. The van der Waals surface area contributed by atoms with Crippen molar-refractivity contribution in [1.82, 2.24) is 4.98 Å². The molecule has 0 aliphatic rings. The lowest BCUT2D eigenvalue weighted by molar-refractivity contribution is 0.0697. The Kier molecular flexibility index (Phi) is 5.01. The lowest BCUT2D eigenvalue weighted by atomic mass is 10.1. The summed E-state index contributed by atoms with van der Waals surface area (Å²) in [5.41, 5.74) is 3.16. The average molecular weight is 345 g/mol. The molecule has 0 spiro atoms. The van der Waals surface area contributed by atoms with Gasteiger partial charge >= 0.3 is 5.97 Å². The number of nitrogens with zero attached hydrogens (tertiary/aromatic N) is 2. The fraction of sp³-hybridized carbons (Fsp3) is 0. The molecule has 1 aromatic heterocycles. The normalized spacial score (nSPS) is 10.8. The van der Waals surface area contributed by atoms with Crippen LogP contribution in [0.25, 0.3) is 0 Å². The van der Waals surface area contributed by atoms with E-state index in [1.54, 1.807) is 18.2 Å². The van der Waals surface area contributed by atoms with E-state index in [1.807, 2.05) is 0 Å². The molecule has 0 atom stereocenters. The molecule has 0 amide bonds. The van der Waals surface area contributed by atoms with Crippen LogP contribution >= 0.6 is 34.8 Å². The standard InChI is InChI=1S/C13H8Cl3N3O2/c14-9-5-10(15)12(18-11(9)16)19-17-6-7-3-1-2-4-8(7)13(20)21/h1-6H,(H,18,19)(H,20,21)/b17-6+. The van der Waals surface area contributed by atoms with Gasteiger partial charge in [-0.3, -0.25) is 5.43 Å². The van der Waals surface area contributed by atoms with Crippen molar-refractivity contribution < 1.29 is 9.90 Å². The molecule has 1 aromatic carbocycles. The van der Waals surface area contributed by atoms with Crippen LogP contribution in [0.15, 0.2) is 35.4 Å². The summed E-state index contributed by atoms with van der Waals surface area (Å²) in [7, 11) is 0. The fourth-order valence-corrected chi connectivity index (χ4v) is 2.03. The molecule has 0 aliphatic heterocycles. The molecular weight excluding hydrogens is 337 g/mol. The molecule has 0 radical (unpaired) electrons. The van der Waals surface area contributed by atoms with E-state index in [2.05, 4.69) is 15.5 Å². The summed E-state index contributed by atoms with van der Waals surface area (Å²) in [5.74, 6) is -0.821. The molecule has 0 aliphatic carbocycles. The average Bonchev–Trinajstić information content (AvgIpc) is 2.44. The van der Waals surface area contributed by atoms with E-state index in [1.165, 1.54) is 18.3 Å². The van der Waals surface area contributed by atoms with Gasteiger partial charge in [-0.2, -0.15) is 5.10 Å². The van der Waals surface area contributed by atoms with Gasteiger partial charge in [-0.1, -0.05) is 53.0 Å². The second kappa shape index (κ2) is 6.76. The molecule has 0 saturated heterocycles. The summed E-state index contributed by atoms with van der Waals surface area (Å²) in [6.45, 7) is 0. The summed E-state index contributed by atoms with van der Waals surface area (Å²) in [6.07, 6.45) is 1.35. The van der Waals surface area contributed by atoms with Crippen LogP contribution in [-0.4, -0.2) is 22.3 Å². The number of hydrogen-bond donors (Lipinski definition) is 2. The quantitative estimate of drug-likeness (QED) is 0.495. The van der Waals surface area contributed by atoms with Crippen molar-refractivity contribution in [3.8, 4) is 0 Å². The number of carboxylic acids is 1. The van der Waals surface area contributed by atoms with Gasteiger partial charge in [-0.25, -0.2) is 9.78 Å².